The zero-order chi connectivity index (χ0) is 20.7. The summed E-state index contributed by atoms with van der Waals surface area (Å²) in [5, 5.41) is 3.80. The van der Waals surface area contributed by atoms with Crippen molar-refractivity contribution in [3.8, 4) is 0 Å². The summed E-state index contributed by atoms with van der Waals surface area (Å²) in [6.07, 6.45) is 0.404. The van der Waals surface area contributed by atoms with Gasteiger partial charge in [-0.3, -0.25) is 0 Å². The molecule has 3 unspecified atom stereocenters. The molecule has 0 aliphatic carbocycles. The number of fused-ring (bicyclic) bond motifs is 1. The van der Waals surface area contributed by atoms with Gasteiger partial charge in [-0.15, -0.1) is 0 Å². The van der Waals surface area contributed by atoms with Crippen molar-refractivity contribution in [3.63, 3.8) is 0 Å². The molecule has 2 aromatic carbocycles. The number of ether oxygens (including phenoxy) is 2. The van der Waals surface area contributed by atoms with Crippen molar-refractivity contribution in [2.24, 2.45) is 0 Å². The van der Waals surface area contributed by atoms with E-state index in [0.717, 1.165) is 11.9 Å². The minimum atomic E-state index is -2.48. The molecule has 0 N–H and O–H groups in total. The van der Waals surface area contributed by atoms with Gasteiger partial charge < -0.3 is 0 Å². The Balaban J connectivity index is 1.68. The minimum absolute atomic E-state index is 0.00696. The van der Waals surface area contributed by atoms with Crippen LogP contribution in [0.5, 0.6) is 0 Å². The standard InChI is InChI=1S/C24H32O3SeSi/c1-23(2,3)29(18-12-8-6-9-13-18,19-14-10-7-11-15-19)25-16-21-22-20(17-28-21)26-24(4,5)27-22/h6-15,20-22H,16-17H2,1-5H3. The number of rotatable bonds is 5. The van der Waals surface area contributed by atoms with Gasteiger partial charge in [0.25, 0.3) is 0 Å². The zero-order valence-electron chi connectivity index (χ0n) is 18.1. The Hall–Kier alpha value is -0.944. The number of hydrogen-bond donors (Lipinski definition) is 0. The molecule has 29 heavy (non-hydrogen) atoms. The molecule has 156 valence electrons. The summed E-state index contributed by atoms with van der Waals surface area (Å²) in [4.78, 5) is 0.441. The van der Waals surface area contributed by atoms with Crippen molar-refractivity contribution in [1.82, 2.24) is 0 Å². The Morgan fingerprint density at radius 3 is 2.03 bits per heavy atom. The molecular weight excluding hydrogens is 443 g/mol. The van der Waals surface area contributed by atoms with Crippen molar-refractivity contribution in [1.29, 1.82) is 0 Å². The molecule has 0 radical (unpaired) electrons. The van der Waals surface area contributed by atoms with Crippen LogP contribution in [0.3, 0.4) is 0 Å². The first-order valence-corrected chi connectivity index (χ1v) is 14.6. The van der Waals surface area contributed by atoms with Crippen molar-refractivity contribution in [3.05, 3.63) is 60.7 Å². The predicted octanol–water partition coefficient (Wildman–Crippen LogP) is 4.01. The summed E-state index contributed by atoms with van der Waals surface area (Å²) < 4.78 is 19.5. The summed E-state index contributed by atoms with van der Waals surface area (Å²) in [5.41, 5.74) is 0. The second kappa shape index (κ2) is 7.95. The molecule has 2 aliphatic rings. The van der Waals surface area contributed by atoms with Gasteiger partial charge in [0, 0.05) is 0 Å². The third kappa shape index (κ3) is 4.01. The SMILES string of the molecule is CC1(C)OC2C[Se]C(CO[Si](c3ccccc3)(c3ccccc3)C(C)(C)C)C2O1. The van der Waals surface area contributed by atoms with Gasteiger partial charge in [-0.2, -0.15) is 0 Å². The first-order chi connectivity index (χ1) is 13.7. The normalized spacial score (nSPS) is 26.4. The fourth-order valence-corrected chi connectivity index (χ4v) is 12.3. The first-order valence-electron chi connectivity index (χ1n) is 10.5. The van der Waals surface area contributed by atoms with Crippen molar-refractivity contribution < 1.29 is 13.9 Å². The Labute approximate surface area is 182 Å². The molecule has 2 aromatic rings. The maximum atomic E-state index is 7.15. The Morgan fingerprint density at radius 2 is 1.52 bits per heavy atom. The zero-order valence-corrected chi connectivity index (χ0v) is 20.8. The fourth-order valence-electron chi connectivity index (χ4n) is 4.73. The van der Waals surface area contributed by atoms with Crippen molar-refractivity contribution in [2.75, 3.05) is 6.61 Å². The molecular formula is C24H32O3SeSi. The van der Waals surface area contributed by atoms with E-state index < -0.39 is 14.1 Å². The maximum absolute atomic E-state index is 7.15. The molecule has 5 heteroatoms. The van der Waals surface area contributed by atoms with Crippen LogP contribution in [-0.4, -0.2) is 47.9 Å². The molecule has 0 spiro atoms. The van der Waals surface area contributed by atoms with Crippen LogP contribution in [0, 0.1) is 0 Å². The van der Waals surface area contributed by atoms with Crippen molar-refractivity contribution in [2.45, 2.75) is 67.8 Å². The van der Waals surface area contributed by atoms with Gasteiger partial charge in [-0.1, -0.05) is 0 Å². The van der Waals surface area contributed by atoms with Crippen LogP contribution in [0.15, 0.2) is 60.7 Å². The molecule has 2 fully saturated rings. The summed E-state index contributed by atoms with van der Waals surface area (Å²) in [7, 11) is -2.48. The van der Waals surface area contributed by atoms with E-state index in [4.69, 9.17) is 13.9 Å². The van der Waals surface area contributed by atoms with E-state index in [1.807, 2.05) is 13.8 Å². The third-order valence-corrected chi connectivity index (χ3v) is 13.8. The van der Waals surface area contributed by atoms with Gasteiger partial charge in [0.15, 0.2) is 0 Å². The summed E-state index contributed by atoms with van der Waals surface area (Å²) in [6, 6.07) is 21.8. The Morgan fingerprint density at radius 1 is 0.966 bits per heavy atom. The molecule has 3 nitrogen and oxygen atoms in total. The molecule has 0 amide bonds. The van der Waals surface area contributed by atoms with E-state index in [9.17, 15) is 0 Å². The second-order valence-electron chi connectivity index (χ2n) is 9.48. The summed E-state index contributed by atoms with van der Waals surface area (Å²) in [6.45, 7) is 11.8. The average molecular weight is 476 g/mol. The van der Waals surface area contributed by atoms with Crippen LogP contribution in [0.1, 0.15) is 34.6 Å². The van der Waals surface area contributed by atoms with Crippen LogP contribution >= 0.6 is 0 Å². The molecule has 3 atom stereocenters. The van der Waals surface area contributed by atoms with Gasteiger partial charge in [0.2, 0.25) is 0 Å². The Bertz CT molecular complexity index is 780. The van der Waals surface area contributed by atoms with E-state index in [0.29, 0.717) is 19.8 Å². The van der Waals surface area contributed by atoms with Crippen LogP contribution in [0.4, 0.5) is 0 Å². The number of benzene rings is 2. The van der Waals surface area contributed by atoms with E-state index in [2.05, 4.69) is 81.4 Å². The van der Waals surface area contributed by atoms with E-state index in [-0.39, 0.29) is 17.2 Å². The Kier molecular flexibility index (Phi) is 5.84. The number of hydrogen-bond acceptors (Lipinski definition) is 3. The van der Waals surface area contributed by atoms with Gasteiger partial charge in [0.1, 0.15) is 0 Å². The van der Waals surface area contributed by atoms with Gasteiger partial charge in [0.05, 0.1) is 0 Å². The molecule has 0 aromatic heterocycles. The molecule has 2 saturated heterocycles. The van der Waals surface area contributed by atoms with Crippen molar-refractivity contribution >= 4 is 33.6 Å². The van der Waals surface area contributed by atoms with E-state index in [1.165, 1.54) is 10.4 Å². The monoisotopic (exact) mass is 476 g/mol. The molecule has 2 aliphatic heterocycles. The quantitative estimate of drug-likeness (QED) is 0.612. The predicted molar refractivity (Wildman–Crippen MR) is 122 cm³/mol. The summed E-state index contributed by atoms with van der Waals surface area (Å²) >= 11 is 0.483. The topological polar surface area (TPSA) is 27.7 Å². The van der Waals surface area contributed by atoms with Gasteiger partial charge in [-0.05, 0) is 0 Å². The molecule has 0 bridgehead atoms. The van der Waals surface area contributed by atoms with Gasteiger partial charge >= 0.3 is 183 Å². The van der Waals surface area contributed by atoms with Gasteiger partial charge in [-0.25, -0.2) is 0 Å². The summed E-state index contributed by atoms with van der Waals surface area (Å²) in [5.74, 6) is -0.471. The van der Waals surface area contributed by atoms with Crippen LogP contribution < -0.4 is 10.4 Å². The average Bonchev–Trinajstić information content (AvgIpc) is 3.18. The molecule has 4 rings (SSSR count). The van der Waals surface area contributed by atoms with E-state index in [1.54, 1.807) is 0 Å². The van der Waals surface area contributed by atoms with Crippen LogP contribution in [-0.2, 0) is 13.9 Å². The van der Waals surface area contributed by atoms with Crippen LogP contribution in [0.2, 0.25) is 15.2 Å². The fraction of sp³-hybridized carbons (Fsp3) is 0.500. The van der Waals surface area contributed by atoms with Crippen LogP contribution in [0.25, 0.3) is 0 Å². The molecule has 0 saturated carbocycles. The molecule has 2 heterocycles. The second-order valence-corrected chi connectivity index (χ2v) is 16.5. The van der Waals surface area contributed by atoms with E-state index >= 15 is 0 Å². The first kappa shape index (κ1) is 21.3. The third-order valence-electron chi connectivity index (χ3n) is 5.94.